The monoisotopic (exact) mass is 324 g/mol. The van der Waals surface area contributed by atoms with E-state index in [0.717, 1.165) is 0 Å². The first-order chi connectivity index (χ1) is 10.6. The number of hydrogen-bond acceptors (Lipinski definition) is 3. The molecule has 2 rings (SSSR count). The van der Waals surface area contributed by atoms with Crippen molar-refractivity contribution in [2.45, 2.75) is 20.3 Å². The molecule has 1 heterocycles. The first-order valence-electron chi connectivity index (χ1n) is 7.54. The lowest BCUT2D eigenvalue weighted by Crippen LogP contribution is -2.30. The van der Waals surface area contributed by atoms with Gasteiger partial charge in [0.1, 0.15) is 0 Å². The molecular weight excluding hydrogens is 304 g/mol. The number of carbonyl (C=O) groups is 2. The van der Waals surface area contributed by atoms with E-state index in [2.05, 4.69) is 5.32 Å². The molecule has 0 radical (unpaired) electrons. The molecule has 0 spiro atoms. The second-order valence-electron chi connectivity index (χ2n) is 5.22. The number of carbonyl (C=O) groups excluding carboxylic acids is 2. The van der Waals surface area contributed by atoms with Gasteiger partial charge in [-0.25, -0.2) is 0 Å². The summed E-state index contributed by atoms with van der Waals surface area (Å²) in [7, 11) is 0. The standard InChI is InChI=1S/C16H21ClN2O3/c1-3-19(4-2)16(21)11-5-6-13(17)14(9-11)18-15(20)12-7-8-22-10-12/h5-6,9,12H,3-4,7-8,10H2,1-2H3,(H,18,20). The summed E-state index contributed by atoms with van der Waals surface area (Å²) in [6.45, 7) is 6.17. The van der Waals surface area contributed by atoms with Crippen LogP contribution in [-0.4, -0.2) is 43.0 Å². The van der Waals surface area contributed by atoms with E-state index < -0.39 is 0 Å². The third-order valence-electron chi connectivity index (χ3n) is 3.82. The molecule has 1 atom stereocenters. The highest BCUT2D eigenvalue weighted by molar-refractivity contribution is 6.33. The lowest BCUT2D eigenvalue weighted by Gasteiger charge is -2.19. The van der Waals surface area contributed by atoms with Gasteiger partial charge in [0.25, 0.3) is 5.91 Å². The zero-order valence-corrected chi connectivity index (χ0v) is 13.7. The molecule has 1 unspecified atom stereocenters. The molecule has 1 aliphatic heterocycles. The number of halogens is 1. The molecule has 6 heteroatoms. The van der Waals surface area contributed by atoms with Crippen LogP contribution >= 0.6 is 11.6 Å². The summed E-state index contributed by atoms with van der Waals surface area (Å²) in [4.78, 5) is 26.2. The van der Waals surface area contributed by atoms with Crippen molar-refractivity contribution in [2.75, 3.05) is 31.6 Å². The van der Waals surface area contributed by atoms with Crippen LogP contribution in [0.15, 0.2) is 18.2 Å². The number of amides is 2. The van der Waals surface area contributed by atoms with E-state index in [9.17, 15) is 9.59 Å². The Labute approximate surface area is 135 Å². The Hall–Kier alpha value is -1.59. The van der Waals surface area contributed by atoms with Crippen molar-refractivity contribution < 1.29 is 14.3 Å². The number of hydrogen-bond donors (Lipinski definition) is 1. The quantitative estimate of drug-likeness (QED) is 0.906. The fourth-order valence-corrected chi connectivity index (χ4v) is 2.59. The molecular formula is C16H21ClN2O3. The van der Waals surface area contributed by atoms with Crippen LogP contribution in [0.3, 0.4) is 0 Å². The molecule has 2 amide bonds. The number of benzene rings is 1. The lowest BCUT2D eigenvalue weighted by atomic mass is 10.1. The first kappa shape index (κ1) is 16.8. The molecule has 1 fully saturated rings. The molecule has 1 aliphatic rings. The number of nitrogens with zero attached hydrogens (tertiary/aromatic N) is 1. The van der Waals surface area contributed by atoms with E-state index in [0.29, 0.717) is 49.0 Å². The van der Waals surface area contributed by atoms with E-state index in [1.165, 1.54) is 0 Å². The molecule has 0 aromatic heterocycles. The van der Waals surface area contributed by atoms with Crippen molar-refractivity contribution in [3.8, 4) is 0 Å². The van der Waals surface area contributed by atoms with E-state index in [1.807, 2.05) is 13.8 Å². The maximum absolute atomic E-state index is 12.4. The number of nitrogens with one attached hydrogen (secondary N) is 1. The average molecular weight is 325 g/mol. The third-order valence-corrected chi connectivity index (χ3v) is 4.15. The van der Waals surface area contributed by atoms with Gasteiger partial charge in [0, 0.05) is 25.3 Å². The Bertz CT molecular complexity index is 552. The Morgan fingerprint density at radius 1 is 1.36 bits per heavy atom. The van der Waals surface area contributed by atoms with Gasteiger partial charge in [-0.3, -0.25) is 9.59 Å². The summed E-state index contributed by atoms with van der Waals surface area (Å²) in [6, 6.07) is 4.95. The van der Waals surface area contributed by atoms with Crippen molar-refractivity contribution in [1.29, 1.82) is 0 Å². The molecule has 0 aliphatic carbocycles. The Morgan fingerprint density at radius 3 is 2.68 bits per heavy atom. The predicted octanol–water partition coefficient (Wildman–Crippen LogP) is 2.80. The van der Waals surface area contributed by atoms with Crippen molar-refractivity contribution in [2.24, 2.45) is 5.92 Å². The average Bonchev–Trinajstić information content (AvgIpc) is 3.05. The van der Waals surface area contributed by atoms with Crippen LogP contribution in [0.4, 0.5) is 5.69 Å². The van der Waals surface area contributed by atoms with Crippen LogP contribution in [0.5, 0.6) is 0 Å². The normalized spacial score (nSPS) is 17.3. The van der Waals surface area contributed by atoms with Gasteiger partial charge in [-0.2, -0.15) is 0 Å². The van der Waals surface area contributed by atoms with Gasteiger partial charge >= 0.3 is 0 Å². The van der Waals surface area contributed by atoms with Crippen LogP contribution in [0.1, 0.15) is 30.6 Å². The second-order valence-corrected chi connectivity index (χ2v) is 5.63. The molecule has 1 N–H and O–H groups in total. The first-order valence-corrected chi connectivity index (χ1v) is 7.92. The Kier molecular flexibility index (Phi) is 5.80. The van der Waals surface area contributed by atoms with Gasteiger partial charge in [-0.05, 0) is 38.5 Å². The molecule has 0 saturated carbocycles. The van der Waals surface area contributed by atoms with Crippen molar-refractivity contribution in [3.63, 3.8) is 0 Å². The van der Waals surface area contributed by atoms with Crippen LogP contribution < -0.4 is 5.32 Å². The van der Waals surface area contributed by atoms with Gasteiger partial charge in [0.05, 0.1) is 23.2 Å². The van der Waals surface area contributed by atoms with Gasteiger partial charge in [0.15, 0.2) is 0 Å². The van der Waals surface area contributed by atoms with Crippen molar-refractivity contribution in [1.82, 2.24) is 4.90 Å². The zero-order chi connectivity index (χ0) is 16.1. The fourth-order valence-electron chi connectivity index (χ4n) is 2.42. The minimum atomic E-state index is -0.154. The highest BCUT2D eigenvalue weighted by Crippen LogP contribution is 2.25. The van der Waals surface area contributed by atoms with E-state index in [-0.39, 0.29) is 17.7 Å². The highest BCUT2D eigenvalue weighted by atomic mass is 35.5. The van der Waals surface area contributed by atoms with E-state index in [4.69, 9.17) is 16.3 Å². The number of ether oxygens (including phenoxy) is 1. The summed E-state index contributed by atoms with van der Waals surface area (Å²) in [5.74, 6) is -0.341. The van der Waals surface area contributed by atoms with E-state index in [1.54, 1.807) is 23.1 Å². The Balaban J connectivity index is 2.16. The van der Waals surface area contributed by atoms with Crippen molar-refractivity contribution in [3.05, 3.63) is 28.8 Å². The van der Waals surface area contributed by atoms with Gasteiger partial charge in [-0.1, -0.05) is 11.6 Å². The number of anilines is 1. The summed E-state index contributed by atoms with van der Waals surface area (Å²) in [5.41, 5.74) is 0.989. The van der Waals surface area contributed by atoms with Crippen molar-refractivity contribution >= 4 is 29.1 Å². The second kappa shape index (κ2) is 7.61. The molecule has 22 heavy (non-hydrogen) atoms. The lowest BCUT2D eigenvalue weighted by molar-refractivity contribution is -0.119. The summed E-state index contributed by atoms with van der Waals surface area (Å²) >= 11 is 6.13. The molecule has 120 valence electrons. The van der Waals surface area contributed by atoms with Gasteiger partial charge in [-0.15, -0.1) is 0 Å². The topological polar surface area (TPSA) is 58.6 Å². The molecule has 1 aromatic rings. The maximum Gasteiger partial charge on any atom is 0.253 e. The van der Waals surface area contributed by atoms with Crippen LogP contribution in [0, 0.1) is 5.92 Å². The highest BCUT2D eigenvalue weighted by Gasteiger charge is 2.24. The van der Waals surface area contributed by atoms with Crippen LogP contribution in [-0.2, 0) is 9.53 Å². The van der Waals surface area contributed by atoms with Gasteiger partial charge < -0.3 is 15.0 Å². The minimum Gasteiger partial charge on any atom is -0.381 e. The SMILES string of the molecule is CCN(CC)C(=O)c1ccc(Cl)c(NC(=O)C2CCOC2)c1. The summed E-state index contributed by atoms with van der Waals surface area (Å²) in [6.07, 6.45) is 0.710. The largest absolute Gasteiger partial charge is 0.381 e. The number of rotatable bonds is 5. The molecule has 1 aromatic carbocycles. The minimum absolute atomic E-state index is 0.0682. The zero-order valence-electron chi connectivity index (χ0n) is 12.9. The molecule has 1 saturated heterocycles. The smallest absolute Gasteiger partial charge is 0.253 e. The Morgan fingerprint density at radius 2 is 2.09 bits per heavy atom. The predicted molar refractivity (Wildman–Crippen MR) is 86.3 cm³/mol. The molecule has 0 bridgehead atoms. The molecule has 5 nitrogen and oxygen atoms in total. The van der Waals surface area contributed by atoms with Crippen LogP contribution in [0.2, 0.25) is 5.02 Å². The summed E-state index contributed by atoms with van der Waals surface area (Å²) in [5, 5.41) is 3.22. The van der Waals surface area contributed by atoms with Gasteiger partial charge in [0.2, 0.25) is 5.91 Å². The van der Waals surface area contributed by atoms with E-state index >= 15 is 0 Å². The third kappa shape index (κ3) is 3.78. The fraction of sp³-hybridized carbons (Fsp3) is 0.500. The van der Waals surface area contributed by atoms with Crippen LogP contribution in [0.25, 0.3) is 0 Å². The summed E-state index contributed by atoms with van der Waals surface area (Å²) < 4.78 is 5.21. The maximum atomic E-state index is 12.4.